The number of fused-ring (bicyclic) bond motifs is 2. The molecule has 1 aromatic heterocycles. The van der Waals surface area contributed by atoms with Gasteiger partial charge >= 0.3 is 0 Å². The van der Waals surface area contributed by atoms with Crippen LogP contribution in [0.4, 0.5) is 5.69 Å². The van der Waals surface area contributed by atoms with E-state index in [0.29, 0.717) is 17.9 Å². The molecule has 6 heteroatoms. The zero-order valence-electron chi connectivity index (χ0n) is 10.4. The molecule has 6 nitrogen and oxygen atoms in total. The molecule has 0 saturated carbocycles. The third-order valence-corrected chi connectivity index (χ3v) is 3.13. The van der Waals surface area contributed by atoms with Crippen LogP contribution in [-0.4, -0.2) is 22.6 Å². The lowest BCUT2D eigenvalue weighted by Crippen LogP contribution is -2.13. The van der Waals surface area contributed by atoms with Crippen molar-refractivity contribution in [3.63, 3.8) is 0 Å². The molecule has 0 fully saturated rings. The van der Waals surface area contributed by atoms with Crippen molar-refractivity contribution in [2.45, 2.75) is 6.54 Å². The van der Waals surface area contributed by atoms with Crippen molar-refractivity contribution in [3.05, 3.63) is 53.3 Å². The fraction of sp³-hybridized carbons (Fsp3) is 0.0714. The maximum Gasteiger partial charge on any atom is 0.298 e. The van der Waals surface area contributed by atoms with Gasteiger partial charge in [-0.2, -0.15) is 0 Å². The van der Waals surface area contributed by atoms with Crippen molar-refractivity contribution >= 4 is 23.3 Å². The fourth-order valence-electron chi connectivity index (χ4n) is 2.12. The SMILES string of the molecule is O=C1NCc2ccccc21.O=C1Nc2cc[nH]c2C1=O. The third-order valence-electron chi connectivity index (χ3n) is 3.13. The maximum atomic E-state index is 11.0. The van der Waals surface area contributed by atoms with Crippen LogP contribution in [-0.2, 0) is 11.3 Å². The summed E-state index contributed by atoms with van der Waals surface area (Å²) < 4.78 is 0. The predicted octanol–water partition coefficient (Wildman–Crippen LogP) is 1.08. The van der Waals surface area contributed by atoms with Gasteiger partial charge in [-0.15, -0.1) is 0 Å². The number of anilines is 1. The average molecular weight is 269 g/mol. The molecular formula is C14H11N3O3. The molecule has 1 aromatic carbocycles. The number of hydrogen-bond acceptors (Lipinski definition) is 3. The molecule has 0 spiro atoms. The van der Waals surface area contributed by atoms with Crippen molar-refractivity contribution < 1.29 is 14.4 Å². The maximum absolute atomic E-state index is 11.0. The van der Waals surface area contributed by atoms with Crippen LogP contribution in [0.25, 0.3) is 0 Å². The monoisotopic (exact) mass is 269 g/mol. The van der Waals surface area contributed by atoms with E-state index in [9.17, 15) is 14.4 Å². The van der Waals surface area contributed by atoms with Gasteiger partial charge in [-0.25, -0.2) is 0 Å². The van der Waals surface area contributed by atoms with Crippen LogP contribution in [0, 0.1) is 0 Å². The van der Waals surface area contributed by atoms with Crippen LogP contribution in [0.5, 0.6) is 0 Å². The van der Waals surface area contributed by atoms with Crippen LogP contribution in [0.15, 0.2) is 36.5 Å². The first-order valence-corrected chi connectivity index (χ1v) is 6.06. The van der Waals surface area contributed by atoms with Gasteiger partial charge in [0.15, 0.2) is 0 Å². The van der Waals surface area contributed by atoms with Crippen LogP contribution in [0.1, 0.15) is 26.4 Å². The Hall–Kier alpha value is -2.89. The minimum absolute atomic E-state index is 0.0515. The fourth-order valence-corrected chi connectivity index (χ4v) is 2.12. The topological polar surface area (TPSA) is 91.1 Å². The molecule has 3 N–H and O–H groups in total. The highest BCUT2D eigenvalue weighted by molar-refractivity contribution is 6.51. The Balaban J connectivity index is 0.000000121. The Morgan fingerprint density at radius 3 is 2.50 bits per heavy atom. The summed E-state index contributed by atoms with van der Waals surface area (Å²) in [5.74, 6) is -0.988. The second kappa shape index (κ2) is 4.65. The smallest absolute Gasteiger partial charge is 0.298 e. The number of ketones is 1. The molecule has 0 aliphatic carbocycles. The number of amides is 2. The summed E-state index contributed by atoms with van der Waals surface area (Å²) >= 11 is 0. The summed E-state index contributed by atoms with van der Waals surface area (Å²) in [5.41, 5.74) is 2.87. The first-order valence-electron chi connectivity index (χ1n) is 6.06. The van der Waals surface area contributed by atoms with Gasteiger partial charge < -0.3 is 15.6 Å². The van der Waals surface area contributed by atoms with Crippen molar-refractivity contribution in [3.8, 4) is 0 Å². The Morgan fingerprint density at radius 1 is 0.950 bits per heavy atom. The Labute approximate surface area is 114 Å². The average Bonchev–Trinajstić information content (AvgIpc) is 3.12. The molecule has 0 bridgehead atoms. The van der Waals surface area contributed by atoms with Crippen LogP contribution < -0.4 is 10.6 Å². The van der Waals surface area contributed by atoms with E-state index in [-0.39, 0.29) is 5.91 Å². The lowest BCUT2D eigenvalue weighted by atomic mass is 10.1. The zero-order valence-corrected chi connectivity index (χ0v) is 10.4. The summed E-state index contributed by atoms with van der Waals surface area (Å²) in [4.78, 5) is 35.0. The Bertz CT molecular complexity index is 718. The van der Waals surface area contributed by atoms with Crippen molar-refractivity contribution in [2.24, 2.45) is 0 Å². The number of aromatic nitrogens is 1. The number of carbonyl (C=O) groups excluding carboxylic acids is 3. The number of H-pyrrole nitrogens is 1. The summed E-state index contributed by atoms with van der Waals surface area (Å²) in [6.07, 6.45) is 1.61. The van der Waals surface area contributed by atoms with E-state index in [1.807, 2.05) is 24.3 Å². The zero-order chi connectivity index (χ0) is 14.1. The molecule has 0 saturated heterocycles. The van der Waals surface area contributed by atoms with E-state index >= 15 is 0 Å². The van der Waals surface area contributed by atoms with Gasteiger partial charge in [0, 0.05) is 18.3 Å². The van der Waals surface area contributed by atoms with Gasteiger partial charge in [0.05, 0.1) is 5.69 Å². The van der Waals surface area contributed by atoms with Gasteiger partial charge in [0.25, 0.3) is 17.6 Å². The van der Waals surface area contributed by atoms with E-state index in [1.165, 1.54) is 0 Å². The molecule has 4 rings (SSSR count). The Morgan fingerprint density at radius 2 is 1.75 bits per heavy atom. The number of Topliss-reactive ketones (excluding diaryl/α,β-unsaturated/α-hetero) is 1. The van der Waals surface area contributed by atoms with E-state index in [4.69, 9.17) is 0 Å². The molecule has 100 valence electrons. The van der Waals surface area contributed by atoms with E-state index < -0.39 is 11.7 Å². The molecule has 2 aliphatic heterocycles. The van der Waals surface area contributed by atoms with Crippen LogP contribution >= 0.6 is 0 Å². The minimum Gasteiger partial charge on any atom is -0.357 e. The number of carbonyl (C=O) groups is 3. The quantitative estimate of drug-likeness (QED) is 0.625. The molecule has 0 unspecified atom stereocenters. The second-order valence-electron chi connectivity index (χ2n) is 4.39. The molecule has 2 aliphatic rings. The predicted molar refractivity (Wildman–Crippen MR) is 71.4 cm³/mol. The van der Waals surface area contributed by atoms with Gasteiger partial charge in [-0.05, 0) is 17.7 Å². The van der Waals surface area contributed by atoms with E-state index in [1.54, 1.807) is 12.3 Å². The van der Waals surface area contributed by atoms with E-state index in [0.717, 1.165) is 11.1 Å². The molecule has 0 radical (unpaired) electrons. The molecule has 3 heterocycles. The Kier molecular flexibility index (Phi) is 2.83. The summed E-state index contributed by atoms with van der Waals surface area (Å²) in [5, 5.41) is 5.15. The highest BCUT2D eigenvalue weighted by Crippen LogP contribution is 2.19. The summed E-state index contributed by atoms with van der Waals surface area (Å²) in [7, 11) is 0. The lowest BCUT2D eigenvalue weighted by Gasteiger charge is -1.89. The first kappa shape index (κ1) is 12.2. The van der Waals surface area contributed by atoms with Gasteiger partial charge in [-0.1, -0.05) is 18.2 Å². The van der Waals surface area contributed by atoms with Crippen LogP contribution in [0.3, 0.4) is 0 Å². The lowest BCUT2D eigenvalue weighted by molar-refractivity contribution is -0.112. The normalized spacial score (nSPS) is 14.9. The first-order chi connectivity index (χ1) is 9.66. The molecule has 0 atom stereocenters. The van der Waals surface area contributed by atoms with Crippen LogP contribution in [0.2, 0.25) is 0 Å². The number of benzene rings is 1. The standard InChI is InChI=1S/C8H7NO.C6H4N2O2/c10-8-7-4-2-1-3-6(7)5-9-8;9-5-4-3(1-2-7-4)8-6(5)10/h1-4H,5H2,(H,9,10);1-2,7H,(H,8,9,10). The number of rotatable bonds is 0. The van der Waals surface area contributed by atoms with Crippen molar-refractivity contribution in [1.82, 2.24) is 10.3 Å². The molecule has 2 amide bonds. The summed E-state index contributed by atoms with van der Waals surface area (Å²) in [6.45, 7) is 0.689. The summed E-state index contributed by atoms with van der Waals surface area (Å²) in [6, 6.07) is 9.28. The minimum atomic E-state index is -0.554. The number of nitrogens with one attached hydrogen (secondary N) is 3. The van der Waals surface area contributed by atoms with Crippen molar-refractivity contribution in [1.29, 1.82) is 0 Å². The number of aromatic amines is 1. The molecule has 2 aromatic rings. The highest BCUT2D eigenvalue weighted by atomic mass is 16.2. The third kappa shape index (κ3) is 1.97. The molecule has 20 heavy (non-hydrogen) atoms. The van der Waals surface area contributed by atoms with Gasteiger partial charge in [0.1, 0.15) is 5.69 Å². The van der Waals surface area contributed by atoms with Crippen molar-refractivity contribution in [2.75, 3.05) is 5.32 Å². The van der Waals surface area contributed by atoms with E-state index in [2.05, 4.69) is 15.6 Å². The molecular weight excluding hydrogens is 258 g/mol. The highest BCUT2D eigenvalue weighted by Gasteiger charge is 2.28. The second-order valence-corrected chi connectivity index (χ2v) is 4.39. The largest absolute Gasteiger partial charge is 0.357 e. The van der Waals surface area contributed by atoms with Gasteiger partial charge in [-0.3, -0.25) is 14.4 Å². The van der Waals surface area contributed by atoms with Gasteiger partial charge in [0.2, 0.25) is 0 Å². The number of hydrogen-bond donors (Lipinski definition) is 3.